The standard InChI is InChI=1S/C17H7O6/c18-14-10-4-1-8(2-5-11(10)15(19)22-14)9-3-6-12-13(7-9)17(21)23-16(12)20/h1-7H. The Balaban J connectivity index is 1.75. The first-order valence-corrected chi connectivity index (χ1v) is 6.69. The maximum Gasteiger partial charge on any atom is 0.346 e. The number of ether oxygens (including phenoxy) is 2. The summed E-state index contributed by atoms with van der Waals surface area (Å²) in [5, 5.41) is 0. The molecule has 0 aromatic carbocycles. The summed E-state index contributed by atoms with van der Waals surface area (Å²) < 4.78 is 9.08. The van der Waals surface area contributed by atoms with E-state index in [-0.39, 0.29) is 22.3 Å². The first-order chi connectivity index (χ1) is 11.0. The van der Waals surface area contributed by atoms with E-state index in [9.17, 15) is 19.2 Å². The number of fused-ring (bicyclic) bond motifs is 1. The summed E-state index contributed by atoms with van der Waals surface area (Å²) in [5.41, 5.74) is 2.14. The topological polar surface area (TPSA) is 86.7 Å². The average Bonchev–Trinajstić information content (AvgIpc) is 2.86. The number of hydrogen-bond donors (Lipinski definition) is 0. The second kappa shape index (κ2) is 4.61. The van der Waals surface area contributed by atoms with Gasteiger partial charge in [0.15, 0.2) is 0 Å². The van der Waals surface area contributed by atoms with E-state index < -0.39 is 23.9 Å². The molecule has 6 heteroatoms. The van der Waals surface area contributed by atoms with Gasteiger partial charge >= 0.3 is 23.9 Å². The quantitative estimate of drug-likeness (QED) is 0.489. The van der Waals surface area contributed by atoms with Crippen molar-refractivity contribution in [2.24, 2.45) is 0 Å². The minimum Gasteiger partial charge on any atom is -0.386 e. The highest BCUT2D eigenvalue weighted by Crippen LogP contribution is 2.32. The van der Waals surface area contributed by atoms with Gasteiger partial charge in [0, 0.05) is 6.42 Å². The molecule has 0 aromatic rings. The number of esters is 4. The minimum atomic E-state index is -0.687. The maximum atomic E-state index is 11.6. The van der Waals surface area contributed by atoms with Crippen molar-refractivity contribution in [1.29, 1.82) is 0 Å². The lowest BCUT2D eigenvalue weighted by Crippen LogP contribution is -2.03. The van der Waals surface area contributed by atoms with Gasteiger partial charge in [-0.05, 0) is 29.4 Å². The highest BCUT2D eigenvalue weighted by atomic mass is 16.6. The second-order valence-corrected chi connectivity index (χ2v) is 5.06. The fourth-order valence-electron chi connectivity index (χ4n) is 2.59. The third-order valence-corrected chi connectivity index (χ3v) is 3.75. The molecule has 0 aromatic heterocycles. The number of rotatable bonds is 0. The predicted octanol–water partition coefficient (Wildman–Crippen LogP) is 0.943. The Morgan fingerprint density at radius 1 is 0.609 bits per heavy atom. The van der Waals surface area contributed by atoms with Gasteiger partial charge in [-0.15, -0.1) is 0 Å². The Morgan fingerprint density at radius 2 is 1.17 bits per heavy atom. The Morgan fingerprint density at radius 3 is 1.83 bits per heavy atom. The third kappa shape index (κ3) is 1.96. The molecule has 0 spiro atoms. The molecular formula is C17H7O6. The molecule has 2 heterocycles. The number of carbonyl (C=O) groups is 4. The van der Waals surface area contributed by atoms with Crippen LogP contribution < -0.4 is 0 Å². The van der Waals surface area contributed by atoms with Crippen molar-refractivity contribution >= 4 is 23.9 Å². The van der Waals surface area contributed by atoms with E-state index in [1.54, 1.807) is 24.6 Å². The zero-order valence-electron chi connectivity index (χ0n) is 11.5. The van der Waals surface area contributed by atoms with Crippen LogP contribution in [0.15, 0.2) is 69.9 Å². The molecule has 0 bridgehead atoms. The lowest BCUT2D eigenvalue weighted by Gasteiger charge is -2.09. The first-order valence-electron chi connectivity index (χ1n) is 6.69. The molecular weight excluding hydrogens is 300 g/mol. The largest absolute Gasteiger partial charge is 0.386 e. The Kier molecular flexibility index (Phi) is 2.68. The average molecular weight is 307 g/mol. The first kappa shape index (κ1) is 13.4. The van der Waals surface area contributed by atoms with Crippen molar-refractivity contribution < 1.29 is 28.7 Å². The summed E-state index contributed by atoms with van der Waals surface area (Å²) in [6.45, 7) is 0. The Hall–Kier alpha value is -3.28. The highest BCUT2D eigenvalue weighted by molar-refractivity contribution is 6.19. The van der Waals surface area contributed by atoms with Crippen LogP contribution in [0.4, 0.5) is 0 Å². The van der Waals surface area contributed by atoms with E-state index in [1.165, 1.54) is 18.2 Å². The van der Waals surface area contributed by atoms with Gasteiger partial charge in [-0.2, -0.15) is 0 Å². The molecule has 1 saturated heterocycles. The van der Waals surface area contributed by atoms with Gasteiger partial charge in [-0.3, -0.25) is 0 Å². The van der Waals surface area contributed by atoms with Crippen LogP contribution in [0.5, 0.6) is 0 Å². The lowest BCUT2D eigenvalue weighted by molar-refractivity contribution is -0.152. The highest BCUT2D eigenvalue weighted by Gasteiger charge is 2.35. The molecule has 0 atom stereocenters. The monoisotopic (exact) mass is 307 g/mol. The fourth-order valence-corrected chi connectivity index (χ4v) is 2.59. The summed E-state index contributed by atoms with van der Waals surface area (Å²) >= 11 is 0. The van der Waals surface area contributed by atoms with Crippen molar-refractivity contribution in [3.8, 4) is 0 Å². The predicted molar refractivity (Wildman–Crippen MR) is 75.0 cm³/mol. The number of carbonyl (C=O) groups excluding carboxylic acids is 4. The van der Waals surface area contributed by atoms with Gasteiger partial charge < -0.3 is 9.47 Å². The summed E-state index contributed by atoms with van der Waals surface area (Å²) in [6.07, 6.45) is 11.0. The van der Waals surface area contributed by atoms with Gasteiger partial charge in [0.05, 0.1) is 22.3 Å². The number of allylic oxidation sites excluding steroid dienone is 6. The zero-order chi connectivity index (χ0) is 16.1. The van der Waals surface area contributed by atoms with Crippen molar-refractivity contribution in [1.82, 2.24) is 0 Å². The molecule has 1 radical (unpaired) electrons. The van der Waals surface area contributed by atoms with E-state index in [2.05, 4.69) is 9.47 Å². The van der Waals surface area contributed by atoms with Crippen LogP contribution in [-0.4, -0.2) is 23.9 Å². The van der Waals surface area contributed by atoms with Crippen LogP contribution >= 0.6 is 0 Å². The molecule has 111 valence electrons. The molecule has 1 fully saturated rings. The van der Waals surface area contributed by atoms with Crippen LogP contribution in [0.25, 0.3) is 0 Å². The van der Waals surface area contributed by atoms with Crippen molar-refractivity contribution in [3.63, 3.8) is 0 Å². The van der Waals surface area contributed by atoms with Crippen LogP contribution in [0, 0.1) is 6.42 Å². The van der Waals surface area contributed by atoms with Crippen molar-refractivity contribution in [3.05, 3.63) is 76.3 Å². The Labute approximate surface area is 129 Å². The summed E-state index contributed by atoms with van der Waals surface area (Å²) in [7, 11) is 0. The van der Waals surface area contributed by atoms with Gasteiger partial charge in [0.1, 0.15) is 0 Å². The molecule has 0 amide bonds. The molecule has 0 N–H and O–H groups in total. The smallest absolute Gasteiger partial charge is 0.346 e. The molecule has 2 aliphatic heterocycles. The summed E-state index contributed by atoms with van der Waals surface area (Å²) in [6, 6.07) is 0. The van der Waals surface area contributed by atoms with Crippen LogP contribution in [0.3, 0.4) is 0 Å². The second-order valence-electron chi connectivity index (χ2n) is 5.06. The number of cyclic esters (lactones) is 4. The van der Waals surface area contributed by atoms with Gasteiger partial charge in [-0.25, -0.2) is 19.2 Å². The van der Waals surface area contributed by atoms with Crippen LogP contribution in [0.1, 0.15) is 0 Å². The molecule has 4 aliphatic rings. The van der Waals surface area contributed by atoms with Crippen molar-refractivity contribution in [2.75, 3.05) is 0 Å². The Bertz CT molecular complexity index is 865. The normalized spacial score (nSPS) is 22.6. The molecule has 0 saturated carbocycles. The number of hydrogen-bond acceptors (Lipinski definition) is 6. The van der Waals surface area contributed by atoms with E-state index in [1.807, 2.05) is 0 Å². The lowest BCUT2D eigenvalue weighted by atomic mass is 9.92. The fraction of sp³-hybridized carbons (Fsp3) is 0. The van der Waals surface area contributed by atoms with Crippen molar-refractivity contribution in [2.45, 2.75) is 0 Å². The van der Waals surface area contributed by atoms with Crippen LogP contribution in [-0.2, 0) is 28.7 Å². The summed E-state index contributed by atoms with van der Waals surface area (Å²) in [4.78, 5) is 46.2. The molecule has 2 aliphatic carbocycles. The van der Waals surface area contributed by atoms with Gasteiger partial charge in [-0.1, -0.05) is 18.2 Å². The van der Waals surface area contributed by atoms with E-state index in [4.69, 9.17) is 0 Å². The van der Waals surface area contributed by atoms with E-state index >= 15 is 0 Å². The molecule has 4 rings (SSSR count). The van der Waals surface area contributed by atoms with E-state index in [0.717, 1.165) is 0 Å². The molecule has 23 heavy (non-hydrogen) atoms. The van der Waals surface area contributed by atoms with Crippen LogP contribution in [0.2, 0.25) is 0 Å². The molecule has 0 unspecified atom stereocenters. The zero-order valence-corrected chi connectivity index (χ0v) is 11.5. The van der Waals surface area contributed by atoms with Gasteiger partial charge in [0.2, 0.25) is 0 Å². The third-order valence-electron chi connectivity index (χ3n) is 3.75. The maximum absolute atomic E-state index is 11.6. The van der Waals surface area contributed by atoms with E-state index in [0.29, 0.717) is 11.1 Å². The summed E-state index contributed by atoms with van der Waals surface area (Å²) in [5.74, 6) is -2.72. The minimum absolute atomic E-state index is 0.192. The van der Waals surface area contributed by atoms with Gasteiger partial charge in [0.25, 0.3) is 0 Å². The molecule has 6 nitrogen and oxygen atoms in total. The SMILES string of the molecule is O=C1OC(=O)C2=CC(=C3C=CC4=C(C=C3)C(=O)OC4=O)[CH]C=C12.